The summed E-state index contributed by atoms with van der Waals surface area (Å²) in [6, 6.07) is 11.2. The standard InChI is InChI=1S/C19H24N2S/c1-3-14-8-9-17-16(12-14)15(6-4-5-11-20)19(21-17)18-10-7-13(2)22-18/h7-10,12,21H,3-6,11,20H2,1-2H3. The van der Waals surface area contributed by atoms with Crippen LogP contribution >= 0.6 is 11.3 Å². The minimum absolute atomic E-state index is 0.774. The number of aromatic amines is 1. The number of rotatable bonds is 6. The molecule has 116 valence electrons. The summed E-state index contributed by atoms with van der Waals surface area (Å²) in [5.74, 6) is 0. The third kappa shape index (κ3) is 2.96. The fourth-order valence-corrected chi connectivity index (χ4v) is 3.90. The van der Waals surface area contributed by atoms with Crippen LogP contribution in [0.15, 0.2) is 30.3 Å². The van der Waals surface area contributed by atoms with Gasteiger partial charge in [0, 0.05) is 15.8 Å². The Hall–Kier alpha value is -1.58. The number of aromatic nitrogens is 1. The lowest BCUT2D eigenvalue weighted by atomic mass is 10.0. The van der Waals surface area contributed by atoms with Crippen LogP contribution in [0, 0.1) is 6.92 Å². The summed E-state index contributed by atoms with van der Waals surface area (Å²) in [6.07, 6.45) is 4.41. The molecule has 22 heavy (non-hydrogen) atoms. The van der Waals surface area contributed by atoms with Crippen molar-refractivity contribution < 1.29 is 0 Å². The molecule has 0 aliphatic heterocycles. The molecule has 0 bridgehead atoms. The van der Waals surface area contributed by atoms with Crippen molar-refractivity contribution in [2.24, 2.45) is 5.73 Å². The van der Waals surface area contributed by atoms with Gasteiger partial charge in [-0.3, -0.25) is 0 Å². The fraction of sp³-hybridized carbons (Fsp3) is 0.368. The van der Waals surface area contributed by atoms with Gasteiger partial charge >= 0.3 is 0 Å². The molecule has 3 rings (SSSR count). The van der Waals surface area contributed by atoms with Crippen LogP contribution in [0.1, 0.15) is 35.8 Å². The van der Waals surface area contributed by atoms with E-state index in [4.69, 9.17) is 5.73 Å². The van der Waals surface area contributed by atoms with Crippen molar-refractivity contribution in [3.63, 3.8) is 0 Å². The van der Waals surface area contributed by atoms with Gasteiger partial charge in [0.15, 0.2) is 0 Å². The molecule has 3 aromatic rings. The number of aryl methyl sites for hydroxylation is 3. The summed E-state index contributed by atoms with van der Waals surface area (Å²) in [7, 11) is 0. The van der Waals surface area contributed by atoms with E-state index in [1.165, 1.54) is 37.5 Å². The molecule has 0 radical (unpaired) electrons. The first-order valence-corrected chi connectivity index (χ1v) is 8.95. The van der Waals surface area contributed by atoms with Gasteiger partial charge in [0.05, 0.1) is 10.6 Å². The Morgan fingerprint density at radius 1 is 1.14 bits per heavy atom. The topological polar surface area (TPSA) is 41.8 Å². The van der Waals surface area contributed by atoms with Gasteiger partial charge in [-0.1, -0.05) is 13.0 Å². The Bertz CT molecular complexity index is 767. The quantitative estimate of drug-likeness (QED) is 0.615. The molecule has 3 heteroatoms. The molecule has 0 unspecified atom stereocenters. The molecule has 0 saturated heterocycles. The molecule has 0 fully saturated rings. The Morgan fingerprint density at radius 3 is 2.68 bits per heavy atom. The molecule has 0 amide bonds. The molecule has 0 aliphatic carbocycles. The van der Waals surface area contributed by atoms with Gasteiger partial charge in [-0.05, 0) is 74.5 Å². The zero-order valence-electron chi connectivity index (χ0n) is 13.4. The van der Waals surface area contributed by atoms with Crippen LogP contribution in [0.25, 0.3) is 21.5 Å². The second kappa shape index (κ2) is 6.67. The van der Waals surface area contributed by atoms with E-state index in [9.17, 15) is 0 Å². The van der Waals surface area contributed by atoms with Crippen molar-refractivity contribution in [2.45, 2.75) is 39.5 Å². The van der Waals surface area contributed by atoms with Gasteiger partial charge in [-0.2, -0.15) is 0 Å². The van der Waals surface area contributed by atoms with Gasteiger partial charge in [0.2, 0.25) is 0 Å². The van der Waals surface area contributed by atoms with Crippen molar-refractivity contribution >= 4 is 22.2 Å². The van der Waals surface area contributed by atoms with Crippen molar-refractivity contribution in [1.29, 1.82) is 0 Å². The maximum Gasteiger partial charge on any atom is 0.0598 e. The Kier molecular flexibility index (Phi) is 4.65. The summed E-state index contributed by atoms with van der Waals surface area (Å²) in [5, 5.41) is 1.39. The Morgan fingerprint density at radius 2 is 2.00 bits per heavy atom. The zero-order valence-corrected chi connectivity index (χ0v) is 14.2. The van der Waals surface area contributed by atoms with Gasteiger partial charge in [0.25, 0.3) is 0 Å². The number of fused-ring (bicyclic) bond motifs is 1. The van der Waals surface area contributed by atoms with E-state index in [-0.39, 0.29) is 0 Å². The van der Waals surface area contributed by atoms with E-state index in [1.807, 2.05) is 11.3 Å². The number of benzene rings is 1. The number of H-pyrrole nitrogens is 1. The minimum atomic E-state index is 0.774. The van der Waals surface area contributed by atoms with Gasteiger partial charge < -0.3 is 10.7 Å². The molecule has 0 atom stereocenters. The highest BCUT2D eigenvalue weighted by atomic mass is 32.1. The lowest BCUT2D eigenvalue weighted by Gasteiger charge is -2.04. The second-order valence-corrected chi connectivity index (χ2v) is 7.16. The lowest BCUT2D eigenvalue weighted by molar-refractivity contribution is 0.748. The lowest BCUT2D eigenvalue weighted by Crippen LogP contribution is -1.99. The van der Waals surface area contributed by atoms with E-state index >= 15 is 0 Å². The number of hydrogen-bond donors (Lipinski definition) is 2. The van der Waals surface area contributed by atoms with E-state index in [0.717, 1.165) is 32.2 Å². The maximum atomic E-state index is 5.67. The fourth-order valence-electron chi connectivity index (χ4n) is 3.00. The molecule has 3 N–H and O–H groups in total. The predicted octanol–water partition coefficient (Wildman–Crippen LogP) is 5.05. The highest BCUT2D eigenvalue weighted by Crippen LogP contribution is 2.35. The molecular weight excluding hydrogens is 288 g/mol. The van der Waals surface area contributed by atoms with Crippen LogP contribution in [0.3, 0.4) is 0 Å². The van der Waals surface area contributed by atoms with Crippen molar-refractivity contribution in [1.82, 2.24) is 4.98 Å². The molecule has 0 aliphatic rings. The molecule has 1 aromatic carbocycles. The van der Waals surface area contributed by atoms with Crippen LogP contribution in [0.5, 0.6) is 0 Å². The summed E-state index contributed by atoms with van der Waals surface area (Å²) in [6.45, 7) is 5.15. The molecule has 0 spiro atoms. The van der Waals surface area contributed by atoms with Crippen LogP contribution in [-0.4, -0.2) is 11.5 Å². The van der Waals surface area contributed by atoms with Crippen molar-refractivity contribution in [3.8, 4) is 10.6 Å². The number of unbranched alkanes of at least 4 members (excludes halogenated alkanes) is 1. The normalized spacial score (nSPS) is 11.4. The van der Waals surface area contributed by atoms with Crippen LogP contribution in [-0.2, 0) is 12.8 Å². The second-order valence-electron chi connectivity index (χ2n) is 5.87. The molecule has 0 saturated carbocycles. The van der Waals surface area contributed by atoms with Gasteiger partial charge in [-0.25, -0.2) is 0 Å². The van der Waals surface area contributed by atoms with Crippen LogP contribution < -0.4 is 5.73 Å². The maximum absolute atomic E-state index is 5.67. The summed E-state index contributed by atoms with van der Waals surface area (Å²) in [5.41, 5.74) is 11.1. The molecule has 2 aromatic heterocycles. The summed E-state index contributed by atoms with van der Waals surface area (Å²) in [4.78, 5) is 6.35. The monoisotopic (exact) mass is 312 g/mol. The van der Waals surface area contributed by atoms with E-state index < -0.39 is 0 Å². The van der Waals surface area contributed by atoms with E-state index in [1.54, 1.807) is 0 Å². The number of hydrogen-bond acceptors (Lipinski definition) is 2. The van der Waals surface area contributed by atoms with E-state index in [2.05, 4.69) is 49.2 Å². The molecular formula is C19H24N2S. The first kappa shape index (κ1) is 15.3. The Balaban J connectivity index is 2.10. The largest absolute Gasteiger partial charge is 0.354 e. The average Bonchev–Trinajstić information content (AvgIpc) is 3.11. The average molecular weight is 312 g/mol. The Labute approximate surface area is 136 Å². The summed E-state index contributed by atoms with van der Waals surface area (Å²) >= 11 is 1.86. The smallest absolute Gasteiger partial charge is 0.0598 e. The molecule has 2 heterocycles. The van der Waals surface area contributed by atoms with Crippen molar-refractivity contribution in [3.05, 3.63) is 46.3 Å². The third-order valence-electron chi connectivity index (χ3n) is 4.25. The number of nitrogens with one attached hydrogen (secondary N) is 1. The zero-order chi connectivity index (χ0) is 15.5. The number of thiophene rings is 1. The SMILES string of the molecule is CCc1ccc2[nH]c(-c3ccc(C)s3)c(CCCCN)c2c1. The first-order valence-electron chi connectivity index (χ1n) is 8.13. The highest BCUT2D eigenvalue weighted by molar-refractivity contribution is 7.15. The third-order valence-corrected chi connectivity index (χ3v) is 5.26. The van der Waals surface area contributed by atoms with Crippen LogP contribution in [0.2, 0.25) is 0 Å². The predicted molar refractivity (Wildman–Crippen MR) is 97.7 cm³/mol. The first-order chi connectivity index (χ1) is 10.7. The highest BCUT2D eigenvalue weighted by Gasteiger charge is 2.14. The summed E-state index contributed by atoms with van der Waals surface area (Å²) < 4.78 is 0. The van der Waals surface area contributed by atoms with Crippen LogP contribution in [0.4, 0.5) is 0 Å². The van der Waals surface area contributed by atoms with Crippen molar-refractivity contribution in [2.75, 3.05) is 6.54 Å². The number of nitrogens with two attached hydrogens (primary N) is 1. The van der Waals surface area contributed by atoms with E-state index in [0.29, 0.717) is 0 Å². The molecule has 2 nitrogen and oxygen atoms in total. The van der Waals surface area contributed by atoms with Gasteiger partial charge in [0.1, 0.15) is 0 Å². The minimum Gasteiger partial charge on any atom is -0.354 e. The van der Waals surface area contributed by atoms with Gasteiger partial charge in [-0.15, -0.1) is 11.3 Å².